The molecule has 1 aromatic carbocycles. The van der Waals surface area contributed by atoms with Crippen molar-refractivity contribution >= 4 is 10.0 Å². The van der Waals surface area contributed by atoms with Gasteiger partial charge >= 0.3 is 0 Å². The summed E-state index contributed by atoms with van der Waals surface area (Å²) in [5, 5.41) is 0. The average molecular weight is 281 g/mol. The van der Waals surface area contributed by atoms with Crippen molar-refractivity contribution in [2.45, 2.75) is 29.9 Å². The molecule has 0 amide bonds. The SMILES string of the molecule is O=S(=O)(c1ccc2c(c1)CCO2)N1CC2CC1CO2. The van der Waals surface area contributed by atoms with Crippen LogP contribution in [0.1, 0.15) is 12.0 Å². The van der Waals surface area contributed by atoms with Crippen LogP contribution in [0.5, 0.6) is 5.75 Å². The summed E-state index contributed by atoms with van der Waals surface area (Å²) < 4.78 is 37.8. The zero-order chi connectivity index (χ0) is 13.0. The standard InChI is InChI=1S/C13H15NO4S/c15-19(16,14-7-11-6-10(14)8-18-11)12-1-2-13-9(5-12)3-4-17-13/h1-2,5,10-11H,3-4,6-8H2. The molecule has 2 saturated heterocycles. The summed E-state index contributed by atoms with van der Waals surface area (Å²) in [5.41, 5.74) is 0.988. The normalized spacial score (nSPS) is 29.5. The zero-order valence-corrected chi connectivity index (χ0v) is 11.2. The largest absolute Gasteiger partial charge is 0.493 e. The molecule has 2 fully saturated rings. The second-order valence-corrected chi connectivity index (χ2v) is 7.18. The van der Waals surface area contributed by atoms with E-state index in [4.69, 9.17) is 9.47 Å². The second kappa shape index (κ2) is 3.94. The summed E-state index contributed by atoms with van der Waals surface area (Å²) in [5.74, 6) is 0.810. The van der Waals surface area contributed by atoms with Crippen molar-refractivity contribution in [1.82, 2.24) is 4.31 Å². The number of hydrogen-bond donors (Lipinski definition) is 0. The molecule has 2 bridgehead atoms. The van der Waals surface area contributed by atoms with E-state index >= 15 is 0 Å². The van der Waals surface area contributed by atoms with E-state index in [0.29, 0.717) is 24.7 Å². The van der Waals surface area contributed by atoms with Crippen LogP contribution in [-0.2, 0) is 21.2 Å². The molecule has 0 spiro atoms. The van der Waals surface area contributed by atoms with E-state index < -0.39 is 10.0 Å². The minimum absolute atomic E-state index is 0.0134. The predicted molar refractivity (Wildman–Crippen MR) is 67.7 cm³/mol. The summed E-state index contributed by atoms with van der Waals surface area (Å²) in [6.45, 7) is 1.65. The molecule has 2 unspecified atom stereocenters. The number of fused-ring (bicyclic) bond motifs is 3. The van der Waals surface area contributed by atoms with Gasteiger partial charge in [-0.1, -0.05) is 0 Å². The lowest BCUT2D eigenvalue weighted by Gasteiger charge is -2.26. The van der Waals surface area contributed by atoms with Crippen LogP contribution in [0, 0.1) is 0 Å². The quantitative estimate of drug-likeness (QED) is 0.804. The molecular formula is C13H15NO4S. The van der Waals surface area contributed by atoms with Gasteiger partial charge in [0.2, 0.25) is 10.0 Å². The Labute approximate surface area is 112 Å². The summed E-state index contributed by atoms with van der Waals surface area (Å²) >= 11 is 0. The molecule has 2 atom stereocenters. The van der Waals surface area contributed by atoms with E-state index in [2.05, 4.69) is 0 Å². The predicted octanol–water partition coefficient (Wildman–Crippen LogP) is 0.783. The third-order valence-electron chi connectivity index (χ3n) is 4.12. The summed E-state index contributed by atoms with van der Waals surface area (Å²) in [7, 11) is -3.39. The van der Waals surface area contributed by atoms with Crippen LogP contribution >= 0.6 is 0 Å². The van der Waals surface area contributed by atoms with E-state index in [0.717, 1.165) is 24.2 Å². The summed E-state index contributed by atoms with van der Waals surface area (Å²) in [6.07, 6.45) is 1.69. The van der Waals surface area contributed by atoms with Crippen LogP contribution in [0.2, 0.25) is 0 Å². The van der Waals surface area contributed by atoms with Crippen molar-refractivity contribution in [3.8, 4) is 5.75 Å². The fourth-order valence-corrected chi connectivity index (χ4v) is 4.82. The number of hydrogen-bond acceptors (Lipinski definition) is 4. The van der Waals surface area contributed by atoms with Gasteiger partial charge in [0.15, 0.2) is 0 Å². The zero-order valence-electron chi connectivity index (χ0n) is 10.4. The summed E-state index contributed by atoms with van der Waals surface area (Å²) in [6, 6.07) is 5.18. The number of benzene rings is 1. The lowest BCUT2D eigenvalue weighted by Crippen LogP contribution is -2.41. The van der Waals surface area contributed by atoms with E-state index in [-0.39, 0.29) is 12.1 Å². The molecule has 5 nitrogen and oxygen atoms in total. The van der Waals surface area contributed by atoms with Gasteiger partial charge in [0.1, 0.15) is 5.75 Å². The van der Waals surface area contributed by atoms with Crippen molar-refractivity contribution in [3.05, 3.63) is 23.8 Å². The minimum atomic E-state index is -3.39. The van der Waals surface area contributed by atoms with Crippen molar-refractivity contribution in [3.63, 3.8) is 0 Å². The van der Waals surface area contributed by atoms with E-state index in [1.807, 2.05) is 0 Å². The topological polar surface area (TPSA) is 55.8 Å². The second-order valence-electron chi connectivity index (χ2n) is 5.29. The van der Waals surface area contributed by atoms with Crippen LogP contribution in [0.3, 0.4) is 0 Å². The van der Waals surface area contributed by atoms with Crippen molar-refractivity contribution < 1.29 is 17.9 Å². The van der Waals surface area contributed by atoms with Crippen LogP contribution in [0.25, 0.3) is 0 Å². The molecule has 4 rings (SSSR count). The number of morpholine rings is 1. The smallest absolute Gasteiger partial charge is 0.243 e. The maximum absolute atomic E-state index is 12.7. The van der Waals surface area contributed by atoms with Crippen LogP contribution in [-0.4, -0.2) is 44.6 Å². The Morgan fingerprint density at radius 1 is 1.32 bits per heavy atom. The number of sulfonamides is 1. The van der Waals surface area contributed by atoms with E-state index in [1.54, 1.807) is 22.5 Å². The highest BCUT2D eigenvalue weighted by molar-refractivity contribution is 7.89. The number of rotatable bonds is 2. The molecule has 0 aromatic heterocycles. The first-order chi connectivity index (χ1) is 9.14. The van der Waals surface area contributed by atoms with Gasteiger partial charge in [-0.2, -0.15) is 4.31 Å². The monoisotopic (exact) mass is 281 g/mol. The third-order valence-corrected chi connectivity index (χ3v) is 6.03. The molecule has 3 aliphatic rings. The molecule has 0 saturated carbocycles. The maximum atomic E-state index is 12.7. The highest BCUT2D eigenvalue weighted by Crippen LogP contribution is 2.34. The molecule has 3 aliphatic heterocycles. The Bertz CT molecular complexity index is 628. The molecule has 0 N–H and O–H groups in total. The molecule has 102 valence electrons. The Balaban J connectivity index is 1.71. The molecule has 6 heteroatoms. The van der Waals surface area contributed by atoms with Gasteiger partial charge in [-0.05, 0) is 30.2 Å². The number of nitrogens with zero attached hydrogens (tertiary/aromatic N) is 1. The lowest BCUT2D eigenvalue weighted by molar-refractivity contribution is 0.0608. The molecule has 0 radical (unpaired) electrons. The van der Waals surface area contributed by atoms with E-state index in [9.17, 15) is 8.42 Å². The first kappa shape index (κ1) is 11.7. The first-order valence-electron chi connectivity index (χ1n) is 6.54. The number of ether oxygens (including phenoxy) is 2. The van der Waals surface area contributed by atoms with Gasteiger partial charge in [-0.3, -0.25) is 0 Å². The lowest BCUT2D eigenvalue weighted by atomic mass is 10.2. The van der Waals surface area contributed by atoms with Crippen molar-refractivity contribution in [2.24, 2.45) is 0 Å². The van der Waals surface area contributed by atoms with Crippen LogP contribution in [0.4, 0.5) is 0 Å². The maximum Gasteiger partial charge on any atom is 0.243 e. The van der Waals surface area contributed by atoms with Gasteiger partial charge in [0, 0.05) is 13.0 Å². The van der Waals surface area contributed by atoms with E-state index in [1.165, 1.54) is 0 Å². The Morgan fingerprint density at radius 2 is 2.21 bits per heavy atom. The van der Waals surface area contributed by atoms with Gasteiger partial charge in [0.25, 0.3) is 0 Å². The third kappa shape index (κ3) is 1.70. The highest BCUT2D eigenvalue weighted by atomic mass is 32.2. The minimum Gasteiger partial charge on any atom is -0.493 e. The average Bonchev–Trinajstić information content (AvgIpc) is 3.13. The van der Waals surface area contributed by atoms with Gasteiger partial charge in [-0.25, -0.2) is 8.42 Å². The first-order valence-corrected chi connectivity index (χ1v) is 7.98. The highest BCUT2D eigenvalue weighted by Gasteiger charge is 2.45. The van der Waals surface area contributed by atoms with Gasteiger partial charge in [0.05, 0.1) is 30.3 Å². The Morgan fingerprint density at radius 3 is 2.95 bits per heavy atom. The Hall–Kier alpha value is -1.11. The van der Waals surface area contributed by atoms with Gasteiger partial charge < -0.3 is 9.47 Å². The molecule has 0 aliphatic carbocycles. The van der Waals surface area contributed by atoms with Crippen LogP contribution < -0.4 is 4.74 Å². The van der Waals surface area contributed by atoms with Gasteiger partial charge in [-0.15, -0.1) is 0 Å². The Kier molecular flexibility index (Phi) is 2.43. The van der Waals surface area contributed by atoms with Crippen LogP contribution in [0.15, 0.2) is 23.1 Å². The fourth-order valence-electron chi connectivity index (χ4n) is 3.12. The van der Waals surface area contributed by atoms with Crippen molar-refractivity contribution in [2.75, 3.05) is 19.8 Å². The fraction of sp³-hybridized carbons (Fsp3) is 0.538. The van der Waals surface area contributed by atoms with Crippen molar-refractivity contribution in [1.29, 1.82) is 0 Å². The molecule has 3 heterocycles. The molecular weight excluding hydrogens is 266 g/mol. The molecule has 1 aromatic rings. The summed E-state index contributed by atoms with van der Waals surface area (Å²) in [4.78, 5) is 0.379. The molecule has 19 heavy (non-hydrogen) atoms.